The van der Waals surface area contributed by atoms with Crippen LogP contribution in [0.1, 0.15) is 37.5 Å². The molecule has 0 saturated heterocycles. The fraction of sp³-hybridized carbons (Fsp3) is 0.538. The summed E-state index contributed by atoms with van der Waals surface area (Å²) in [6.45, 7) is 3.97. The molecule has 2 atom stereocenters. The van der Waals surface area contributed by atoms with Crippen molar-refractivity contribution in [2.75, 3.05) is 6.54 Å². The Morgan fingerprint density at radius 1 is 1.50 bits per heavy atom. The van der Waals surface area contributed by atoms with Crippen molar-refractivity contribution in [1.82, 2.24) is 5.32 Å². The van der Waals surface area contributed by atoms with E-state index in [-0.39, 0.29) is 18.4 Å². The van der Waals surface area contributed by atoms with Gasteiger partial charge in [0.15, 0.2) is 0 Å². The summed E-state index contributed by atoms with van der Waals surface area (Å²) in [6, 6.07) is 3.82. The minimum atomic E-state index is -0.846. The molecule has 5 heteroatoms. The highest BCUT2D eigenvalue weighted by atomic mass is 32.1. The lowest BCUT2D eigenvalue weighted by Gasteiger charge is -2.15. The predicted molar refractivity (Wildman–Crippen MR) is 71.8 cm³/mol. The summed E-state index contributed by atoms with van der Waals surface area (Å²) >= 11 is 1.53. The molecule has 0 aliphatic rings. The van der Waals surface area contributed by atoms with Gasteiger partial charge >= 0.3 is 5.97 Å². The Kier molecular flexibility index (Phi) is 5.85. The molecule has 18 heavy (non-hydrogen) atoms. The second kappa shape index (κ2) is 7.16. The molecule has 0 aromatic carbocycles. The molecule has 0 spiro atoms. The van der Waals surface area contributed by atoms with Gasteiger partial charge in [-0.3, -0.25) is 9.59 Å². The van der Waals surface area contributed by atoms with E-state index >= 15 is 0 Å². The molecule has 2 N–H and O–H groups in total. The first-order chi connectivity index (χ1) is 8.56. The maximum absolute atomic E-state index is 11.9. The first kappa shape index (κ1) is 14.7. The molecule has 100 valence electrons. The number of hydrogen-bond donors (Lipinski definition) is 2. The molecule has 0 radical (unpaired) electrons. The molecule has 0 saturated carbocycles. The summed E-state index contributed by atoms with van der Waals surface area (Å²) in [5.74, 6) is -1.67. The molecule has 0 aliphatic heterocycles. The highest BCUT2D eigenvalue weighted by Crippen LogP contribution is 2.20. The Morgan fingerprint density at radius 2 is 2.22 bits per heavy atom. The average Bonchev–Trinajstić information content (AvgIpc) is 2.86. The Hall–Kier alpha value is -1.36. The van der Waals surface area contributed by atoms with Crippen LogP contribution in [0.4, 0.5) is 0 Å². The second-order valence-corrected chi connectivity index (χ2v) is 5.29. The Bertz CT molecular complexity index is 389. The van der Waals surface area contributed by atoms with E-state index in [0.29, 0.717) is 6.42 Å². The molecule has 0 fully saturated rings. The molecular formula is C13H19NO3S. The van der Waals surface area contributed by atoms with Crippen LogP contribution in [0.3, 0.4) is 0 Å². The summed E-state index contributed by atoms with van der Waals surface area (Å²) in [7, 11) is 0. The maximum atomic E-state index is 11.9. The topological polar surface area (TPSA) is 66.4 Å². The van der Waals surface area contributed by atoms with Gasteiger partial charge in [0.1, 0.15) is 0 Å². The van der Waals surface area contributed by atoms with Crippen LogP contribution in [0.5, 0.6) is 0 Å². The van der Waals surface area contributed by atoms with Crippen molar-refractivity contribution in [2.24, 2.45) is 5.92 Å². The van der Waals surface area contributed by atoms with Crippen LogP contribution in [-0.2, 0) is 9.59 Å². The Balaban J connectivity index is 2.47. The summed E-state index contributed by atoms with van der Waals surface area (Å²) in [5, 5.41) is 13.6. The van der Waals surface area contributed by atoms with Crippen LogP contribution >= 0.6 is 11.3 Å². The van der Waals surface area contributed by atoms with Crippen molar-refractivity contribution >= 4 is 23.2 Å². The molecule has 4 nitrogen and oxygen atoms in total. The third kappa shape index (κ3) is 4.14. The SMILES string of the molecule is CCCC(CNC(=O)C(C)c1cccs1)C(=O)O. The summed E-state index contributed by atoms with van der Waals surface area (Å²) in [4.78, 5) is 23.8. The molecule has 1 rings (SSSR count). The molecule has 2 unspecified atom stereocenters. The maximum Gasteiger partial charge on any atom is 0.308 e. The fourth-order valence-electron chi connectivity index (χ4n) is 1.71. The number of carbonyl (C=O) groups excluding carboxylic acids is 1. The molecule has 0 bridgehead atoms. The van der Waals surface area contributed by atoms with Crippen LogP contribution in [0.25, 0.3) is 0 Å². The first-order valence-corrected chi connectivity index (χ1v) is 6.98. The Labute approximate surface area is 111 Å². The number of carbonyl (C=O) groups is 2. The van der Waals surface area contributed by atoms with E-state index in [0.717, 1.165) is 11.3 Å². The molecule has 1 amide bonds. The van der Waals surface area contributed by atoms with E-state index in [1.54, 1.807) is 0 Å². The van der Waals surface area contributed by atoms with Gasteiger partial charge in [-0.15, -0.1) is 11.3 Å². The molecular weight excluding hydrogens is 250 g/mol. The number of aliphatic carboxylic acids is 1. The van der Waals surface area contributed by atoms with Crippen molar-refractivity contribution in [3.8, 4) is 0 Å². The number of carboxylic acid groups (broad SMARTS) is 1. The molecule has 1 heterocycles. The number of thiophene rings is 1. The summed E-state index contributed by atoms with van der Waals surface area (Å²) in [5.41, 5.74) is 0. The second-order valence-electron chi connectivity index (χ2n) is 4.31. The lowest BCUT2D eigenvalue weighted by atomic mass is 10.0. The number of rotatable bonds is 7. The third-order valence-electron chi connectivity index (χ3n) is 2.87. The van der Waals surface area contributed by atoms with Crippen molar-refractivity contribution in [3.05, 3.63) is 22.4 Å². The highest BCUT2D eigenvalue weighted by Gasteiger charge is 2.20. The van der Waals surface area contributed by atoms with E-state index < -0.39 is 11.9 Å². The standard InChI is InChI=1S/C13H19NO3S/c1-3-5-10(13(16)17)8-14-12(15)9(2)11-6-4-7-18-11/h4,6-7,9-10H,3,5,8H2,1-2H3,(H,14,15)(H,16,17). The minimum Gasteiger partial charge on any atom is -0.481 e. The van der Waals surface area contributed by atoms with Gasteiger partial charge in [-0.2, -0.15) is 0 Å². The number of amides is 1. The lowest BCUT2D eigenvalue weighted by molar-refractivity contribution is -0.142. The van der Waals surface area contributed by atoms with Gasteiger partial charge in [0.2, 0.25) is 5.91 Å². The molecule has 1 aromatic heterocycles. The summed E-state index contributed by atoms with van der Waals surface area (Å²) < 4.78 is 0. The van der Waals surface area contributed by atoms with Crippen molar-refractivity contribution in [1.29, 1.82) is 0 Å². The average molecular weight is 269 g/mol. The van der Waals surface area contributed by atoms with Crippen molar-refractivity contribution < 1.29 is 14.7 Å². The Morgan fingerprint density at radius 3 is 2.72 bits per heavy atom. The van der Waals surface area contributed by atoms with Crippen LogP contribution in [0.15, 0.2) is 17.5 Å². The predicted octanol–water partition coefficient (Wildman–Crippen LogP) is 2.47. The van der Waals surface area contributed by atoms with Gasteiger partial charge in [-0.1, -0.05) is 19.4 Å². The van der Waals surface area contributed by atoms with Gasteiger partial charge in [-0.25, -0.2) is 0 Å². The van der Waals surface area contributed by atoms with Crippen molar-refractivity contribution in [3.63, 3.8) is 0 Å². The lowest BCUT2D eigenvalue weighted by Crippen LogP contribution is -2.35. The number of nitrogens with one attached hydrogen (secondary N) is 1. The van der Waals surface area contributed by atoms with Crippen LogP contribution in [0.2, 0.25) is 0 Å². The van der Waals surface area contributed by atoms with E-state index in [1.807, 2.05) is 31.4 Å². The minimum absolute atomic E-state index is 0.111. The van der Waals surface area contributed by atoms with E-state index in [4.69, 9.17) is 5.11 Å². The van der Waals surface area contributed by atoms with Gasteiger partial charge in [-0.05, 0) is 24.8 Å². The van der Waals surface area contributed by atoms with Crippen molar-refractivity contribution in [2.45, 2.75) is 32.6 Å². The zero-order valence-electron chi connectivity index (χ0n) is 10.7. The van der Waals surface area contributed by atoms with Gasteiger partial charge in [0, 0.05) is 11.4 Å². The quantitative estimate of drug-likeness (QED) is 0.799. The van der Waals surface area contributed by atoms with Crippen LogP contribution in [-0.4, -0.2) is 23.5 Å². The molecule has 0 aliphatic carbocycles. The van der Waals surface area contributed by atoms with Crippen LogP contribution in [0, 0.1) is 5.92 Å². The van der Waals surface area contributed by atoms with Gasteiger partial charge in [0.25, 0.3) is 0 Å². The molecule has 1 aromatic rings. The van der Waals surface area contributed by atoms with E-state index in [9.17, 15) is 9.59 Å². The van der Waals surface area contributed by atoms with E-state index in [1.165, 1.54) is 11.3 Å². The van der Waals surface area contributed by atoms with E-state index in [2.05, 4.69) is 5.32 Å². The fourth-order valence-corrected chi connectivity index (χ4v) is 2.49. The zero-order valence-corrected chi connectivity index (χ0v) is 11.5. The third-order valence-corrected chi connectivity index (χ3v) is 3.93. The monoisotopic (exact) mass is 269 g/mol. The highest BCUT2D eigenvalue weighted by molar-refractivity contribution is 7.10. The normalized spacial score (nSPS) is 13.9. The first-order valence-electron chi connectivity index (χ1n) is 6.10. The van der Waals surface area contributed by atoms with Gasteiger partial charge < -0.3 is 10.4 Å². The van der Waals surface area contributed by atoms with Crippen LogP contribution < -0.4 is 5.32 Å². The summed E-state index contributed by atoms with van der Waals surface area (Å²) in [6.07, 6.45) is 1.39. The number of hydrogen-bond acceptors (Lipinski definition) is 3. The largest absolute Gasteiger partial charge is 0.481 e. The smallest absolute Gasteiger partial charge is 0.308 e. The number of carboxylic acids is 1. The zero-order chi connectivity index (χ0) is 13.5. The van der Waals surface area contributed by atoms with Gasteiger partial charge in [0.05, 0.1) is 11.8 Å².